The number of hydrogen-bond donors (Lipinski definition) is 3. The molecule has 0 spiro atoms. The molecular formula is C31H32N4O5S. The van der Waals surface area contributed by atoms with Crippen molar-refractivity contribution in [3.8, 4) is 0 Å². The van der Waals surface area contributed by atoms with Crippen molar-refractivity contribution in [1.29, 1.82) is 0 Å². The van der Waals surface area contributed by atoms with Crippen LogP contribution in [0.5, 0.6) is 0 Å². The minimum atomic E-state index is -3.56. The number of nitrogens with zero attached hydrogens (tertiary/aromatic N) is 1. The van der Waals surface area contributed by atoms with Crippen LogP contribution in [-0.2, 0) is 32.3 Å². The lowest BCUT2D eigenvalue weighted by Crippen LogP contribution is -2.23. The van der Waals surface area contributed by atoms with Crippen LogP contribution in [0.4, 0.5) is 11.4 Å². The second kappa shape index (κ2) is 11.3. The highest BCUT2D eigenvalue weighted by Crippen LogP contribution is 2.30. The Hall–Kier alpha value is -4.31. The number of aryl methyl sites for hydroxylation is 3. The van der Waals surface area contributed by atoms with Gasteiger partial charge < -0.3 is 15.6 Å². The number of aromatic amines is 1. The lowest BCUT2D eigenvalue weighted by molar-refractivity contribution is -0.120. The zero-order chi connectivity index (χ0) is 29.3. The molecule has 4 bridgehead atoms. The summed E-state index contributed by atoms with van der Waals surface area (Å²) in [7, 11) is -3.56. The number of Topliss-reactive ketones (excluding diaryl/α,β-unsaturated/α-hetero) is 1. The maximum atomic E-state index is 13.9. The molecule has 1 unspecified atom stereocenters. The van der Waals surface area contributed by atoms with E-state index >= 15 is 0 Å². The Kier molecular flexibility index (Phi) is 7.77. The van der Waals surface area contributed by atoms with E-state index in [1.54, 1.807) is 30.3 Å². The van der Waals surface area contributed by atoms with Crippen LogP contribution in [0.15, 0.2) is 64.5 Å². The quantitative estimate of drug-likeness (QED) is 0.327. The molecule has 0 fully saturated rings. The molecule has 0 radical (unpaired) electrons. The zero-order valence-electron chi connectivity index (χ0n) is 23.2. The third-order valence-electron chi connectivity index (χ3n) is 7.54. The largest absolute Gasteiger partial charge is 0.372 e. The summed E-state index contributed by atoms with van der Waals surface area (Å²) in [6.45, 7) is 4.00. The van der Waals surface area contributed by atoms with Crippen molar-refractivity contribution >= 4 is 43.8 Å². The lowest BCUT2D eigenvalue weighted by atomic mass is 9.90. The zero-order valence-corrected chi connectivity index (χ0v) is 24.0. The minimum absolute atomic E-state index is 0.0488. The molecule has 6 rings (SSSR count). The summed E-state index contributed by atoms with van der Waals surface area (Å²) in [5, 5.41) is 6.61. The third kappa shape index (κ3) is 6.22. The first-order valence-electron chi connectivity index (χ1n) is 13.5. The molecule has 1 atom stereocenters. The molecule has 0 aliphatic carbocycles. The van der Waals surface area contributed by atoms with Crippen LogP contribution >= 0.6 is 0 Å². The number of ketones is 1. The maximum absolute atomic E-state index is 13.9. The van der Waals surface area contributed by atoms with Gasteiger partial charge in [-0.2, -0.15) is 0 Å². The monoisotopic (exact) mass is 572 g/mol. The summed E-state index contributed by atoms with van der Waals surface area (Å²) in [5.41, 5.74) is 5.78. The van der Waals surface area contributed by atoms with Crippen LogP contribution in [-0.4, -0.2) is 36.3 Å². The molecule has 3 heterocycles. The smallest absolute Gasteiger partial charge is 0.258 e. The molecule has 2 aliphatic rings. The molecule has 3 aromatic carbocycles. The number of carbonyl (C=O) groups excluding carboxylic acids is 2. The summed E-state index contributed by atoms with van der Waals surface area (Å²) in [6.07, 6.45) is 4.36. The van der Waals surface area contributed by atoms with Gasteiger partial charge in [0.1, 0.15) is 6.04 Å². The lowest BCUT2D eigenvalue weighted by Gasteiger charge is -2.23. The first-order chi connectivity index (χ1) is 19.5. The average molecular weight is 573 g/mol. The van der Waals surface area contributed by atoms with Gasteiger partial charge in [0.2, 0.25) is 5.91 Å². The van der Waals surface area contributed by atoms with E-state index in [-0.39, 0.29) is 35.0 Å². The molecule has 1 aromatic heterocycles. The number of sulfone groups is 1. The number of aromatic nitrogens is 2. The van der Waals surface area contributed by atoms with Crippen LogP contribution in [0.1, 0.15) is 53.1 Å². The summed E-state index contributed by atoms with van der Waals surface area (Å²) in [6, 6.07) is 13.1. The van der Waals surface area contributed by atoms with Gasteiger partial charge in [-0.1, -0.05) is 12.1 Å². The van der Waals surface area contributed by atoms with E-state index in [0.717, 1.165) is 28.5 Å². The molecule has 3 N–H and O–H groups in total. The first-order valence-corrected chi connectivity index (χ1v) is 15.4. The molecule has 0 saturated heterocycles. The molecular weight excluding hydrogens is 540 g/mol. The fourth-order valence-corrected chi connectivity index (χ4v) is 6.48. The SMILES string of the molecule is Cc1cc2cc(C)c1CCCC(=O)Nc1ccc(S(C)(=O)=O)c(c1)CCC(=O)C2Nc1ccc2nc[nH]c(=O)c2c1. The van der Waals surface area contributed by atoms with Crippen LogP contribution in [0.3, 0.4) is 0 Å². The molecule has 1 amide bonds. The van der Waals surface area contributed by atoms with Crippen LogP contribution in [0.2, 0.25) is 0 Å². The van der Waals surface area contributed by atoms with Gasteiger partial charge in [-0.3, -0.25) is 14.4 Å². The van der Waals surface area contributed by atoms with E-state index < -0.39 is 15.9 Å². The molecule has 9 nitrogen and oxygen atoms in total. The number of H-pyrrole nitrogens is 1. The minimum Gasteiger partial charge on any atom is -0.372 e. The topological polar surface area (TPSA) is 138 Å². The standard InChI is InChI=1S/C31H32N4O5S/c1-18-13-21-14-19(2)24(18)5-4-6-29(37)34-22-9-12-28(41(3,39)40)20(15-22)7-11-27(36)30(21)35-23-8-10-26-25(16-23)31(38)33-17-32-26/h8-10,12-17,30,35H,4-7,11H2,1-3H3,(H,34,37)(H,32,33,38). The molecule has 212 valence electrons. The van der Waals surface area contributed by atoms with Crippen molar-refractivity contribution in [3.05, 3.63) is 93.0 Å². The van der Waals surface area contributed by atoms with Gasteiger partial charge in [-0.25, -0.2) is 13.4 Å². The van der Waals surface area contributed by atoms with Gasteiger partial charge >= 0.3 is 0 Å². The second-order valence-corrected chi connectivity index (χ2v) is 12.6. The number of carbonyl (C=O) groups is 2. The summed E-state index contributed by atoms with van der Waals surface area (Å²) >= 11 is 0. The fourth-order valence-electron chi connectivity index (χ4n) is 5.53. The van der Waals surface area contributed by atoms with Crippen molar-refractivity contribution in [1.82, 2.24) is 9.97 Å². The Balaban J connectivity index is 1.58. The van der Waals surface area contributed by atoms with Crippen molar-refractivity contribution in [2.45, 2.75) is 56.9 Å². The van der Waals surface area contributed by atoms with Crippen LogP contribution in [0, 0.1) is 13.8 Å². The number of hydrogen-bond acceptors (Lipinski definition) is 7. The predicted molar refractivity (Wildman–Crippen MR) is 159 cm³/mol. The highest BCUT2D eigenvalue weighted by atomic mass is 32.2. The molecule has 4 aromatic rings. The van der Waals surface area contributed by atoms with E-state index in [0.29, 0.717) is 47.1 Å². The normalized spacial score (nSPS) is 16.5. The Morgan fingerprint density at radius 1 is 0.902 bits per heavy atom. The molecule has 10 heteroatoms. The van der Waals surface area contributed by atoms with Gasteiger partial charge in [0, 0.05) is 30.5 Å². The number of anilines is 2. The highest BCUT2D eigenvalue weighted by Gasteiger charge is 2.24. The van der Waals surface area contributed by atoms with E-state index in [1.807, 2.05) is 26.0 Å². The van der Waals surface area contributed by atoms with Crippen LogP contribution < -0.4 is 16.2 Å². The molecule has 2 aliphatic heterocycles. The van der Waals surface area contributed by atoms with Gasteiger partial charge in [-0.15, -0.1) is 0 Å². The summed E-state index contributed by atoms with van der Waals surface area (Å²) in [5.74, 6) is -0.287. The van der Waals surface area contributed by atoms with E-state index in [4.69, 9.17) is 0 Å². The van der Waals surface area contributed by atoms with Crippen molar-refractivity contribution in [3.63, 3.8) is 0 Å². The maximum Gasteiger partial charge on any atom is 0.258 e. The summed E-state index contributed by atoms with van der Waals surface area (Å²) in [4.78, 5) is 45.8. The Labute approximate surface area is 238 Å². The number of rotatable bonds is 3. The van der Waals surface area contributed by atoms with Crippen molar-refractivity contribution in [2.24, 2.45) is 0 Å². The van der Waals surface area contributed by atoms with Gasteiger partial charge in [0.25, 0.3) is 5.56 Å². The average Bonchev–Trinajstić information content (AvgIpc) is 2.91. The Bertz CT molecular complexity index is 1820. The van der Waals surface area contributed by atoms with E-state index in [1.165, 1.54) is 12.4 Å². The Morgan fingerprint density at radius 2 is 1.66 bits per heavy atom. The van der Waals surface area contributed by atoms with E-state index in [2.05, 4.69) is 20.6 Å². The number of nitrogens with one attached hydrogen (secondary N) is 3. The van der Waals surface area contributed by atoms with Crippen LogP contribution in [0.25, 0.3) is 10.9 Å². The first kappa shape index (κ1) is 28.2. The third-order valence-corrected chi connectivity index (χ3v) is 8.74. The van der Waals surface area contributed by atoms with Crippen molar-refractivity contribution in [2.75, 3.05) is 16.9 Å². The summed E-state index contributed by atoms with van der Waals surface area (Å²) < 4.78 is 25.1. The van der Waals surface area contributed by atoms with Gasteiger partial charge in [0.15, 0.2) is 15.6 Å². The number of amides is 1. The molecule has 41 heavy (non-hydrogen) atoms. The molecule has 0 saturated carbocycles. The van der Waals surface area contributed by atoms with Gasteiger partial charge in [-0.05, 0) is 97.3 Å². The van der Waals surface area contributed by atoms with E-state index in [9.17, 15) is 22.8 Å². The number of fused-ring (bicyclic) bond motifs is 10. The fraction of sp³-hybridized carbons (Fsp3) is 0.290. The van der Waals surface area contributed by atoms with Crippen molar-refractivity contribution < 1.29 is 18.0 Å². The Morgan fingerprint density at radius 3 is 2.39 bits per heavy atom. The highest BCUT2D eigenvalue weighted by molar-refractivity contribution is 7.90. The number of benzene rings is 3. The van der Waals surface area contributed by atoms with Gasteiger partial charge in [0.05, 0.1) is 22.1 Å². The predicted octanol–water partition coefficient (Wildman–Crippen LogP) is 4.57. The second-order valence-electron chi connectivity index (χ2n) is 10.6.